The molecule has 11 nitrogen and oxygen atoms in total. The average molecular weight is 457 g/mol. The lowest BCUT2D eigenvalue weighted by molar-refractivity contribution is 0.0642. The van der Waals surface area contributed by atoms with Crippen LogP contribution in [0.4, 0.5) is 5.13 Å². The molecule has 2 aromatic carbocycles. The lowest BCUT2D eigenvalue weighted by Gasteiger charge is -2.10. The number of nitrogens with one attached hydrogen (secondary N) is 2. The highest BCUT2D eigenvalue weighted by Crippen LogP contribution is 2.27. The van der Waals surface area contributed by atoms with Gasteiger partial charge in [0.15, 0.2) is 5.58 Å². The van der Waals surface area contributed by atoms with Crippen molar-refractivity contribution >= 4 is 49.4 Å². The number of imide groups is 1. The summed E-state index contributed by atoms with van der Waals surface area (Å²) in [6.45, 7) is -0.133. The molecule has 2 aromatic heterocycles. The second kappa shape index (κ2) is 6.85. The second-order valence-corrected chi connectivity index (χ2v) is 9.27. The zero-order chi connectivity index (χ0) is 21.8. The summed E-state index contributed by atoms with van der Waals surface area (Å²) in [7, 11) is -4.04. The normalized spacial score (nSPS) is 13.7. The van der Waals surface area contributed by atoms with E-state index in [0.29, 0.717) is 16.6 Å². The molecule has 0 spiro atoms. The van der Waals surface area contributed by atoms with Crippen LogP contribution in [0, 0.1) is 0 Å². The monoisotopic (exact) mass is 457 g/mol. The van der Waals surface area contributed by atoms with Gasteiger partial charge in [-0.05, 0) is 24.3 Å². The number of rotatable bonds is 5. The number of hydrogen-bond donors (Lipinski definition) is 2. The Kier molecular flexibility index (Phi) is 4.23. The maximum atomic E-state index is 12.6. The Hall–Kier alpha value is -3.84. The van der Waals surface area contributed by atoms with E-state index in [-0.39, 0.29) is 27.2 Å². The first-order valence-electron chi connectivity index (χ1n) is 8.75. The molecule has 0 unspecified atom stereocenters. The Labute approximate surface area is 177 Å². The lowest BCUT2D eigenvalue weighted by Crippen LogP contribution is -2.29. The minimum absolute atomic E-state index is 0.0396. The number of benzene rings is 2. The van der Waals surface area contributed by atoms with Gasteiger partial charge in [0.1, 0.15) is 5.01 Å². The van der Waals surface area contributed by atoms with Crippen molar-refractivity contribution in [2.75, 3.05) is 4.72 Å². The van der Waals surface area contributed by atoms with Gasteiger partial charge >= 0.3 is 5.76 Å². The topological polar surface area (TPSA) is 155 Å². The molecule has 156 valence electrons. The molecule has 4 aromatic rings. The van der Waals surface area contributed by atoms with Crippen molar-refractivity contribution in [2.45, 2.75) is 11.4 Å². The predicted molar refractivity (Wildman–Crippen MR) is 108 cm³/mol. The molecular weight excluding hydrogens is 446 g/mol. The van der Waals surface area contributed by atoms with Crippen LogP contribution in [0.5, 0.6) is 0 Å². The third-order valence-electron chi connectivity index (χ3n) is 4.56. The van der Waals surface area contributed by atoms with Crippen molar-refractivity contribution in [2.24, 2.45) is 0 Å². The van der Waals surface area contributed by atoms with Crippen LogP contribution >= 0.6 is 11.3 Å². The Balaban J connectivity index is 1.35. The van der Waals surface area contributed by atoms with Crippen molar-refractivity contribution in [3.05, 3.63) is 69.1 Å². The Morgan fingerprint density at radius 2 is 1.74 bits per heavy atom. The average Bonchev–Trinajstić information content (AvgIpc) is 3.40. The molecule has 3 heterocycles. The van der Waals surface area contributed by atoms with E-state index < -0.39 is 27.6 Å². The van der Waals surface area contributed by atoms with Crippen LogP contribution in [0.1, 0.15) is 25.7 Å². The predicted octanol–water partition coefficient (Wildman–Crippen LogP) is 1.57. The first-order chi connectivity index (χ1) is 14.8. The van der Waals surface area contributed by atoms with Gasteiger partial charge in [0.25, 0.3) is 21.8 Å². The standard InChI is InChI=1S/C18H11N5O6S2/c24-15-10-3-1-2-4-11(10)16(25)23(15)8-14-20-21-17(30-14)22-31(27,28)9-5-6-12-13(7-9)29-18(26)19-12/h1-7H,8H2,(H,19,26)(H,21,22). The number of aromatic amines is 1. The van der Waals surface area contributed by atoms with Gasteiger partial charge in [0, 0.05) is 6.07 Å². The van der Waals surface area contributed by atoms with Crippen LogP contribution in [0.3, 0.4) is 0 Å². The van der Waals surface area contributed by atoms with Crippen molar-refractivity contribution < 1.29 is 22.4 Å². The molecule has 31 heavy (non-hydrogen) atoms. The van der Waals surface area contributed by atoms with Gasteiger partial charge < -0.3 is 4.42 Å². The van der Waals surface area contributed by atoms with Crippen molar-refractivity contribution in [1.29, 1.82) is 0 Å². The molecule has 0 aliphatic carbocycles. The Morgan fingerprint density at radius 3 is 2.45 bits per heavy atom. The van der Waals surface area contributed by atoms with E-state index in [2.05, 4.69) is 19.9 Å². The zero-order valence-corrected chi connectivity index (χ0v) is 17.0. The molecule has 2 N–H and O–H groups in total. The summed E-state index contributed by atoms with van der Waals surface area (Å²) in [5.74, 6) is -1.59. The summed E-state index contributed by atoms with van der Waals surface area (Å²) in [5, 5.41) is 7.89. The number of amides is 2. The van der Waals surface area contributed by atoms with Crippen LogP contribution in [-0.2, 0) is 16.6 Å². The van der Waals surface area contributed by atoms with Gasteiger partial charge in [-0.2, -0.15) is 0 Å². The third-order valence-corrected chi connectivity index (χ3v) is 6.85. The van der Waals surface area contributed by atoms with E-state index in [9.17, 15) is 22.8 Å². The van der Waals surface area contributed by atoms with E-state index in [1.54, 1.807) is 24.3 Å². The third kappa shape index (κ3) is 3.29. The van der Waals surface area contributed by atoms with E-state index >= 15 is 0 Å². The smallest absolute Gasteiger partial charge is 0.408 e. The van der Waals surface area contributed by atoms with Crippen LogP contribution in [0.2, 0.25) is 0 Å². The number of aromatic nitrogens is 3. The molecule has 0 saturated carbocycles. The van der Waals surface area contributed by atoms with E-state index in [1.807, 2.05) is 0 Å². The molecule has 1 aliphatic heterocycles. The van der Waals surface area contributed by atoms with Gasteiger partial charge in [-0.3, -0.25) is 24.2 Å². The SMILES string of the molecule is O=C1c2ccccc2C(=O)N1Cc1nnc(NS(=O)(=O)c2ccc3[nH]c(=O)oc3c2)s1. The number of H-pyrrole nitrogens is 1. The first kappa shape index (κ1) is 19.1. The van der Waals surface area contributed by atoms with E-state index in [4.69, 9.17) is 4.42 Å². The van der Waals surface area contributed by atoms with Gasteiger partial charge in [-0.25, -0.2) is 13.2 Å². The molecule has 0 fully saturated rings. The van der Waals surface area contributed by atoms with Crippen LogP contribution in [0.25, 0.3) is 11.1 Å². The Morgan fingerprint density at radius 1 is 1.03 bits per heavy atom. The number of fused-ring (bicyclic) bond motifs is 2. The summed E-state index contributed by atoms with van der Waals surface area (Å²) in [5.41, 5.74) is 1.08. The quantitative estimate of drug-likeness (QED) is 0.428. The minimum Gasteiger partial charge on any atom is -0.408 e. The number of oxazole rings is 1. The van der Waals surface area contributed by atoms with Crippen LogP contribution < -0.4 is 10.5 Å². The molecule has 2 amide bonds. The second-order valence-electron chi connectivity index (χ2n) is 6.52. The first-order valence-corrected chi connectivity index (χ1v) is 11.0. The molecule has 13 heteroatoms. The zero-order valence-electron chi connectivity index (χ0n) is 15.4. The van der Waals surface area contributed by atoms with E-state index in [0.717, 1.165) is 16.2 Å². The molecule has 0 saturated heterocycles. The highest BCUT2D eigenvalue weighted by Gasteiger charge is 2.35. The van der Waals surface area contributed by atoms with Gasteiger partial charge in [-0.1, -0.05) is 23.5 Å². The maximum Gasteiger partial charge on any atom is 0.417 e. The summed E-state index contributed by atoms with van der Waals surface area (Å²) in [6, 6.07) is 10.4. The highest BCUT2D eigenvalue weighted by molar-refractivity contribution is 7.93. The summed E-state index contributed by atoms with van der Waals surface area (Å²) in [6.07, 6.45) is 0. The minimum atomic E-state index is -4.04. The number of sulfonamides is 1. The molecule has 1 aliphatic rings. The summed E-state index contributed by atoms with van der Waals surface area (Å²) < 4.78 is 32.4. The molecule has 0 radical (unpaired) electrons. The number of nitrogens with zero attached hydrogens (tertiary/aromatic N) is 3. The number of carbonyl (C=O) groups is 2. The largest absolute Gasteiger partial charge is 0.417 e. The fraction of sp³-hybridized carbons (Fsp3) is 0.0556. The molecule has 0 bridgehead atoms. The van der Waals surface area contributed by atoms with Gasteiger partial charge in [0.05, 0.1) is 28.1 Å². The van der Waals surface area contributed by atoms with Crippen LogP contribution in [0.15, 0.2) is 56.6 Å². The van der Waals surface area contributed by atoms with Crippen LogP contribution in [-0.4, -0.2) is 40.3 Å². The van der Waals surface area contributed by atoms with Crippen molar-refractivity contribution in [3.63, 3.8) is 0 Å². The highest BCUT2D eigenvalue weighted by atomic mass is 32.2. The summed E-state index contributed by atoms with van der Waals surface area (Å²) in [4.78, 5) is 39.5. The summed E-state index contributed by atoms with van der Waals surface area (Å²) >= 11 is 0.894. The van der Waals surface area contributed by atoms with Crippen molar-refractivity contribution in [3.8, 4) is 0 Å². The van der Waals surface area contributed by atoms with Gasteiger partial charge in [0.2, 0.25) is 5.13 Å². The van der Waals surface area contributed by atoms with Crippen molar-refractivity contribution in [1.82, 2.24) is 20.1 Å². The number of carbonyl (C=O) groups excluding carboxylic acids is 2. The lowest BCUT2D eigenvalue weighted by atomic mass is 10.1. The van der Waals surface area contributed by atoms with Gasteiger partial charge in [-0.15, -0.1) is 10.2 Å². The molecular formula is C18H11N5O6S2. The fourth-order valence-electron chi connectivity index (χ4n) is 3.14. The Bertz CT molecular complexity index is 1500. The molecule has 0 atom stereocenters. The fourth-order valence-corrected chi connectivity index (χ4v) is 5.12. The number of hydrogen-bond acceptors (Lipinski definition) is 9. The maximum absolute atomic E-state index is 12.6. The number of anilines is 1. The van der Waals surface area contributed by atoms with E-state index in [1.165, 1.54) is 18.2 Å². The molecule has 5 rings (SSSR count).